The molecule has 2 aliphatic rings. The fourth-order valence-electron chi connectivity index (χ4n) is 4.29. The van der Waals surface area contributed by atoms with Gasteiger partial charge in [-0.25, -0.2) is 13.3 Å². The van der Waals surface area contributed by atoms with Crippen molar-refractivity contribution in [3.05, 3.63) is 53.1 Å². The topological polar surface area (TPSA) is 83.6 Å². The average Bonchev–Trinajstić information content (AvgIpc) is 3.26. The Balaban J connectivity index is 1.61. The Kier molecular flexibility index (Phi) is 5.49. The Bertz CT molecular complexity index is 1210. The van der Waals surface area contributed by atoms with Crippen molar-refractivity contribution in [1.29, 1.82) is 0 Å². The maximum atomic E-state index is 13.0. The zero-order chi connectivity index (χ0) is 23.3. The monoisotopic (exact) mass is 486 g/mol. The summed E-state index contributed by atoms with van der Waals surface area (Å²) >= 11 is 6.24. The van der Waals surface area contributed by atoms with Crippen LogP contribution in [-0.2, 0) is 25.8 Å². The highest BCUT2D eigenvalue weighted by Crippen LogP contribution is 2.49. The molecule has 1 aliphatic carbocycles. The Morgan fingerprint density at radius 2 is 1.72 bits per heavy atom. The largest absolute Gasteiger partial charge is 0.416 e. The van der Waals surface area contributed by atoms with Gasteiger partial charge in [-0.15, -0.1) is 0 Å². The fourth-order valence-corrected chi connectivity index (χ4v) is 5.70. The van der Waals surface area contributed by atoms with Gasteiger partial charge in [-0.1, -0.05) is 30.5 Å². The van der Waals surface area contributed by atoms with Gasteiger partial charge in [0.2, 0.25) is 11.8 Å². The number of halogens is 4. The molecule has 1 heterocycles. The van der Waals surface area contributed by atoms with Gasteiger partial charge in [0.05, 0.1) is 26.6 Å². The van der Waals surface area contributed by atoms with E-state index >= 15 is 0 Å². The molecule has 6 nitrogen and oxygen atoms in total. The van der Waals surface area contributed by atoms with Crippen molar-refractivity contribution in [2.24, 2.45) is 5.41 Å². The number of nitrogens with one attached hydrogen (secondary N) is 1. The number of alkyl halides is 3. The number of carbonyl (C=O) groups excluding carboxylic acids is 2. The number of sulfonamides is 1. The Morgan fingerprint density at radius 3 is 2.34 bits per heavy atom. The number of hydrogen-bond acceptors (Lipinski definition) is 4. The van der Waals surface area contributed by atoms with Gasteiger partial charge < -0.3 is 0 Å². The summed E-state index contributed by atoms with van der Waals surface area (Å²) in [5, 5.41) is -0.131. The van der Waals surface area contributed by atoms with Gasteiger partial charge in [0.1, 0.15) is 0 Å². The third kappa shape index (κ3) is 3.97. The molecule has 2 aromatic rings. The maximum Gasteiger partial charge on any atom is 0.416 e. The predicted molar refractivity (Wildman–Crippen MR) is 112 cm³/mol. The molecule has 32 heavy (non-hydrogen) atoms. The van der Waals surface area contributed by atoms with Gasteiger partial charge in [0.25, 0.3) is 10.0 Å². The van der Waals surface area contributed by atoms with E-state index in [2.05, 4.69) is 4.72 Å². The van der Waals surface area contributed by atoms with Crippen molar-refractivity contribution in [2.45, 2.75) is 43.2 Å². The first kappa shape index (κ1) is 22.6. The molecule has 0 bridgehead atoms. The van der Waals surface area contributed by atoms with Gasteiger partial charge in [-0.05, 0) is 49.2 Å². The summed E-state index contributed by atoms with van der Waals surface area (Å²) in [6.45, 7) is 0. The van der Waals surface area contributed by atoms with E-state index in [-0.39, 0.29) is 33.6 Å². The summed E-state index contributed by atoms with van der Waals surface area (Å²) in [4.78, 5) is 26.2. The predicted octanol–water partition coefficient (Wildman–Crippen LogP) is 4.98. The lowest BCUT2D eigenvalue weighted by molar-refractivity contribution is -0.137. The highest BCUT2D eigenvalue weighted by atomic mass is 35.5. The van der Waals surface area contributed by atoms with Crippen molar-refractivity contribution in [3.63, 3.8) is 0 Å². The van der Waals surface area contributed by atoms with E-state index in [1.807, 2.05) is 0 Å². The van der Waals surface area contributed by atoms with E-state index in [1.54, 1.807) is 0 Å². The Morgan fingerprint density at radius 1 is 1.03 bits per heavy atom. The van der Waals surface area contributed by atoms with Crippen LogP contribution in [0.25, 0.3) is 0 Å². The lowest BCUT2D eigenvalue weighted by Crippen LogP contribution is -2.34. The van der Waals surface area contributed by atoms with Gasteiger partial charge in [0, 0.05) is 12.1 Å². The molecule has 2 fully saturated rings. The Hall–Kier alpha value is -2.59. The number of hydrogen-bond donors (Lipinski definition) is 1. The molecule has 1 saturated heterocycles. The first-order valence-corrected chi connectivity index (χ1v) is 11.7. The van der Waals surface area contributed by atoms with Crippen LogP contribution in [0.3, 0.4) is 0 Å². The molecule has 0 aromatic heterocycles. The number of imide groups is 1. The molecule has 2 amide bonds. The van der Waals surface area contributed by atoms with Gasteiger partial charge in [0.15, 0.2) is 0 Å². The summed E-state index contributed by atoms with van der Waals surface area (Å²) in [6, 6.07) is 7.24. The quantitative estimate of drug-likeness (QED) is 0.617. The van der Waals surface area contributed by atoms with Crippen molar-refractivity contribution in [1.82, 2.24) is 0 Å². The zero-order valence-corrected chi connectivity index (χ0v) is 18.1. The van der Waals surface area contributed by atoms with Crippen molar-refractivity contribution >= 4 is 44.8 Å². The van der Waals surface area contributed by atoms with Crippen LogP contribution < -0.4 is 9.62 Å². The average molecular weight is 487 g/mol. The first-order valence-electron chi connectivity index (χ1n) is 9.80. The van der Waals surface area contributed by atoms with E-state index in [4.69, 9.17) is 11.6 Å². The van der Waals surface area contributed by atoms with Crippen LogP contribution in [0.1, 0.15) is 37.7 Å². The number of nitrogens with zero attached hydrogens (tertiary/aromatic N) is 1. The molecular weight excluding hydrogens is 469 g/mol. The van der Waals surface area contributed by atoms with Crippen molar-refractivity contribution in [3.8, 4) is 0 Å². The summed E-state index contributed by atoms with van der Waals surface area (Å²) in [6.07, 6.45) is -1.56. The lowest BCUT2D eigenvalue weighted by atomic mass is 9.84. The summed E-state index contributed by atoms with van der Waals surface area (Å²) in [7, 11) is -4.28. The van der Waals surface area contributed by atoms with E-state index in [9.17, 15) is 31.2 Å². The van der Waals surface area contributed by atoms with Crippen LogP contribution in [0.2, 0.25) is 5.02 Å². The molecule has 1 aliphatic heterocycles. The van der Waals surface area contributed by atoms with Crippen molar-refractivity contribution in [2.75, 3.05) is 9.62 Å². The second-order valence-electron chi connectivity index (χ2n) is 8.00. The second kappa shape index (κ2) is 7.77. The summed E-state index contributed by atoms with van der Waals surface area (Å²) in [5.74, 6) is -0.726. The number of amides is 2. The molecule has 0 radical (unpaired) electrons. The van der Waals surface area contributed by atoms with E-state index in [0.717, 1.165) is 42.0 Å². The fraction of sp³-hybridized carbons (Fsp3) is 0.333. The molecule has 11 heteroatoms. The standard InChI is InChI=1S/C21H18ClF3N2O4S/c22-16-11-15(32(30,31)26-14-5-3-4-13(10-14)21(23,24)25)6-7-17(16)27-18(28)12-20(19(27)29)8-1-2-9-20/h3-7,10-11,26H,1-2,8-9,12H2. The zero-order valence-electron chi connectivity index (χ0n) is 16.6. The van der Waals surface area contributed by atoms with Crippen LogP contribution in [0.5, 0.6) is 0 Å². The van der Waals surface area contributed by atoms with Crippen LogP contribution in [0.4, 0.5) is 24.5 Å². The lowest BCUT2D eigenvalue weighted by Gasteiger charge is -2.22. The first-order chi connectivity index (χ1) is 14.9. The number of rotatable bonds is 4. The van der Waals surface area contributed by atoms with Gasteiger partial charge in [-0.3, -0.25) is 14.3 Å². The van der Waals surface area contributed by atoms with Gasteiger partial charge in [-0.2, -0.15) is 13.2 Å². The molecule has 170 valence electrons. The minimum atomic E-state index is -4.63. The van der Waals surface area contributed by atoms with Crippen molar-refractivity contribution < 1.29 is 31.2 Å². The molecule has 0 unspecified atom stereocenters. The van der Waals surface area contributed by atoms with Gasteiger partial charge >= 0.3 is 6.18 Å². The SMILES string of the molecule is O=C1CC2(CCCC2)C(=O)N1c1ccc(S(=O)(=O)Nc2cccc(C(F)(F)F)c2)cc1Cl. The molecular formula is C21H18ClF3N2O4S. The van der Waals surface area contributed by atoms with Crippen LogP contribution >= 0.6 is 11.6 Å². The molecule has 0 atom stereocenters. The third-order valence-corrected chi connectivity index (χ3v) is 7.55. The van der Waals surface area contributed by atoms with E-state index < -0.39 is 33.1 Å². The normalized spacial score (nSPS) is 18.6. The smallest absolute Gasteiger partial charge is 0.280 e. The molecule has 2 aromatic carbocycles. The number of anilines is 2. The van der Waals surface area contributed by atoms with Crippen LogP contribution in [0, 0.1) is 5.41 Å². The number of benzene rings is 2. The molecule has 1 N–H and O–H groups in total. The maximum absolute atomic E-state index is 13.0. The minimum Gasteiger partial charge on any atom is -0.280 e. The van der Waals surface area contributed by atoms with E-state index in [0.29, 0.717) is 18.9 Å². The van der Waals surface area contributed by atoms with Crippen LogP contribution in [-0.4, -0.2) is 20.2 Å². The molecule has 1 spiro atoms. The molecule has 4 rings (SSSR count). The third-order valence-electron chi connectivity index (χ3n) is 5.87. The molecule has 1 saturated carbocycles. The minimum absolute atomic E-state index is 0.0865. The van der Waals surface area contributed by atoms with Crippen LogP contribution in [0.15, 0.2) is 47.4 Å². The Labute approximate surface area is 187 Å². The summed E-state index contributed by atoms with van der Waals surface area (Å²) < 4.78 is 66.1. The second-order valence-corrected chi connectivity index (χ2v) is 10.1. The summed E-state index contributed by atoms with van der Waals surface area (Å²) in [5.41, 5.74) is -1.90. The van der Waals surface area contributed by atoms with E-state index in [1.165, 1.54) is 12.1 Å². The number of carbonyl (C=O) groups is 2. The highest BCUT2D eigenvalue weighted by molar-refractivity contribution is 7.92. The highest BCUT2D eigenvalue weighted by Gasteiger charge is 2.53.